The monoisotopic (exact) mass is 548 g/mol. The number of aliphatic hydroxyl groups is 1. The fraction of sp³-hybridized carbons (Fsp3) is 0.423. The number of piperidine rings is 1. The van der Waals surface area contributed by atoms with E-state index in [2.05, 4.69) is 15.8 Å². The van der Waals surface area contributed by atoms with Crippen molar-refractivity contribution in [2.45, 2.75) is 37.8 Å². The van der Waals surface area contributed by atoms with E-state index >= 15 is 0 Å². The first-order chi connectivity index (χ1) is 17.9. The summed E-state index contributed by atoms with van der Waals surface area (Å²) in [6.45, 7) is 1.62. The largest absolute Gasteiger partial charge is 0.489 e. The minimum atomic E-state index is -0.676. The molecule has 198 valence electrons. The topological polar surface area (TPSA) is 112 Å². The van der Waals surface area contributed by atoms with E-state index in [4.69, 9.17) is 32.7 Å². The molecule has 0 radical (unpaired) electrons. The molecule has 37 heavy (non-hydrogen) atoms. The Bertz CT molecular complexity index is 1140. The number of halogens is 2. The molecule has 0 bridgehead atoms. The van der Waals surface area contributed by atoms with Gasteiger partial charge in [0.25, 0.3) is 5.91 Å². The van der Waals surface area contributed by atoms with E-state index in [-0.39, 0.29) is 31.1 Å². The molecular weight excluding hydrogens is 519 g/mol. The molecule has 4 rings (SSSR count). The highest BCUT2D eigenvalue weighted by atomic mass is 35.5. The minimum absolute atomic E-state index is 0.105. The summed E-state index contributed by atoms with van der Waals surface area (Å²) in [5, 5.41) is 18.5. The van der Waals surface area contributed by atoms with Gasteiger partial charge < -0.3 is 24.8 Å². The van der Waals surface area contributed by atoms with Crippen molar-refractivity contribution >= 4 is 40.7 Å². The zero-order valence-electron chi connectivity index (χ0n) is 20.3. The number of hydrogen-bond donors (Lipinski definition) is 3. The number of hydrogen-bond acceptors (Lipinski definition) is 7. The highest BCUT2D eigenvalue weighted by Crippen LogP contribution is 2.27. The standard InChI is InChI=1S/C26H30Cl2N4O5/c27-20-3-1-2-4-23(20)36-15-19(33)14-29-18-9-11-32(12-10-18)26(35)16-37-24-7-5-17(13-21(24)28)22-6-8-25(34)31-30-22/h1-5,7,13,18-19,29,33H,6,8-12,14-16H2,(H,31,34)/t19-/m0/s1. The van der Waals surface area contributed by atoms with Crippen LogP contribution < -0.4 is 20.2 Å². The molecule has 3 N–H and O–H groups in total. The first-order valence-electron chi connectivity index (χ1n) is 12.2. The van der Waals surface area contributed by atoms with Gasteiger partial charge in [-0.15, -0.1) is 0 Å². The Balaban J connectivity index is 1.15. The number of benzene rings is 2. The van der Waals surface area contributed by atoms with E-state index in [1.165, 1.54) is 0 Å². The van der Waals surface area contributed by atoms with Crippen molar-refractivity contribution < 1.29 is 24.2 Å². The normalized spacial score (nSPS) is 17.1. The molecule has 2 aromatic carbocycles. The number of ether oxygens (including phenoxy) is 2. The molecular formula is C26H30Cl2N4O5. The van der Waals surface area contributed by atoms with Gasteiger partial charge in [0, 0.05) is 38.5 Å². The van der Waals surface area contributed by atoms with Crippen LogP contribution in [0.4, 0.5) is 0 Å². The highest BCUT2D eigenvalue weighted by Gasteiger charge is 2.24. The van der Waals surface area contributed by atoms with Gasteiger partial charge in [-0.1, -0.05) is 35.3 Å². The third kappa shape index (κ3) is 7.82. The van der Waals surface area contributed by atoms with Crippen molar-refractivity contribution in [1.82, 2.24) is 15.6 Å². The Morgan fingerprint density at radius 2 is 1.86 bits per heavy atom. The second-order valence-electron chi connectivity index (χ2n) is 8.99. The predicted molar refractivity (Wildman–Crippen MR) is 141 cm³/mol. The summed E-state index contributed by atoms with van der Waals surface area (Å²) in [7, 11) is 0. The number of aliphatic hydroxyl groups excluding tert-OH is 1. The number of hydrazone groups is 1. The molecule has 9 nitrogen and oxygen atoms in total. The van der Waals surface area contributed by atoms with Gasteiger partial charge in [0.15, 0.2) is 6.61 Å². The van der Waals surface area contributed by atoms with Crippen LogP contribution in [0.15, 0.2) is 47.6 Å². The number of carbonyl (C=O) groups excluding carboxylic acids is 2. The molecule has 2 aliphatic rings. The summed E-state index contributed by atoms with van der Waals surface area (Å²) in [6, 6.07) is 12.6. The third-order valence-electron chi connectivity index (χ3n) is 6.28. The minimum Gasteiger partial charge on any atom is -0.489 e. The molecule has 0 spiro atoms. The van der Waals surface area contributed by atoms with Crippen LogP contribution in [-0.4, -0.2) is 72.5 Å². The van der Waals surface area contributed by atoms with Crippen LogP contribution in [-0.2, 0) is 9.59 Å². The van der Waals surface area contributed by atoms with Crippen molar-refractivity contribution in [3.05, 3.63) is 58.1 Å². The molecule has 1 atom stereocenters. The van der Waals surface area contributed by atoms with Crippen LogP contribution in [0.3, 0.4) is 0 Å². The second-order valence-corrected chi connectivity index (χ2v) is 9.80. The van der Waals surface area contributed by atoms with Gasteiger partial charge in [-0.3, -0.25) is 9.59 Å². The van der Waals surface area contributed by atoms with Gasteiger partial charge in [-0.2, -0.15) is 5.10 Å². The lowest BCUT2D eigenvalue weighted by molar-refractivity contribution is -0.134. The summed E-state index contributed by atoms with van der Waals surface area (Å²) in [5.74, 6) is 0.753. The van der Waals surface area contributed by atoms with Crippen molar-refractivity contribution in [1.29, 1.82) is 0 Å². The molecule has 0 aromatic heterocycles. The van der Waals surface area contributed by atoms with Gasteiger partial charge in [0.1, 0.15) is 24.2 Å². The van der Waals surface area contributed by atoms with Crippen molar-refractivity contribution in [3.63, 3.8) is 0 Å². The highest BCUT2D eigenvalue weighted by molar-refractivity contribution is 6.32. The third-order valence-corrected chi connectivity index (χ3v) is 6.89. The first kappa shape index (κ1) is 27.2. The van der Waals surface area contributed by atoms with E-state index in [1.54, 1.807) is 29.2 Å². The second kappa shape index (κ2) is 13.1. The van der Waals surface area contributed by atoms with Gasteiger partial charge in [-0.25, -0.2) is 5.43 Å². The van der Waals surface area contributed by atoms with Crippen LogP contribution in [0.2, 0.25) is 10.0 Å². The van der Waals surface area contributed by atoms with E-state index in [0.29, 0.717) is 54.0 Å². The van der Waals surface area contributed by atoms with Crippen LogP contribution >= 0.6 is 23.2 Å². The maximum atomic E-state index is 12.7. The number of para-hydroxylation sites is 1. The van der Waals surface area contributed by atoms with Gasteiger partial charge >= 0.3 is 0 Å². The number of likely N-dealkylation sites (tertiary alicyclic amines) is 1. The van der Waals surface area contributed by atoms with Crippen LogP contribution in [0.5, 0.6) is 11.5 Å². The predicted octanol–water partition coefficient (Wildman–Crippen LogP) is 3.01. The molecule has 1 fully saturated rings. The lowest BCUT2D eigenvalue weighted by Crippen LogP contribution is -2.48. The van der Waals surface area contributed by atoms with Gasteiger partial charge in [0.2, 0.25) is 5.91 Å². The summed E-state index contributed by atoms with van der Waals surface area (Å²) in [4.78, 5) is 25.7. The number of nitrogens with one attached hydrogen (secondary N) is 2. The van der Waals surface area contributed by atoms with Crippen molar-refractivity contribution in [3.8, 4) is 11.5 Å². The van der Waals surface area contributed by atoms with Crippen LogP contribution in [0.25, 0.3) is 0 Å². The Morgan fingerprint density at radius 1 is 1.11 bits per heavy atom. The molecule has 2 amide bonds. The molecule has 0 saturated carbocycles. The quantitative estimate of drug-likeness (QED) is 0.420. The fourth-order valence-electron chi connectivity index (χ4n) is 4.15. The first-order valence-corrected chi connectivity index (χ1v) is 13.0. The number of nitrogens with zero attached hydrogens (tertiary/aromatic N) is 2. The molecule has 1 saturated heterocycles. The summed E-state index contributed by atoms with van der Waals surface area (Å²) in [6.07, 6.45) is 1.80. The number of carbonyl (C=O) groups is 2. The molecule has 0 aliphatic carbocycles. The van der Waals surface area contributed by atoms with E-state index in [0.717, 1.165) is 24.1 Å². The summed E-state index contributed by atoms with van der Waals surface area (Å²) < 4.78 is 11.3. The maximum Gasteiger partial charge on any atom is 0.260 e. The fourth-order valence-corrected chi connectivity index (χ4v) is 4.58. The Morgan fingerprint density at radius 3 is 2.57 bits per heavy atom. The Hall–Kier alpha value is -2.85. The van der Waals surface area contributed by atoms with Gasteiger partial charge in [-0.05, 0) is 48.7 Å². The van der Waals surface area contributed by atoms with Crippen molar-refractivity contribution in [2.24, 2.45) is 5.10 Å². The van der Waals surface area contributed by atoms with E-state index < -0.39 is 6.10 Å². The Labute approximate surface area is 225 Å². The molecule has 11 heteroatoms. The molecule has 2 aromatic rings. The molecule has 2 heterocycles. The molecule has 2 aliphatic heterocycles. The summed E-state index contributed by atoms with van der Waals surface area (Å²) in [5.41, 5.74) is 4.02. The zero-order chi connectivity index (χ0) is 26.2. The number of rotatable bonds is 10. The van der Waals surface area contributed by atoms with Crippen LogP contribution in [0.1, 0.15) is 31.2 Å². The number of amides is 2. The lowest BCUT2D eigenvalue weighted by Gasteiger charge is -2.33. The lowest BCUT2D eigenvalue weighted by atomic mass is 10.0. The SMILES string of the molecule is O=C1CCC(c2ccc(OCC(=O)N3CCC(NC[C@H](O)COc4ccccc4Cl)CC3)c(Cl)c2)=NN1. The Kier molecular flexibility index (Phi) is 9.62. The van der Waals surface area contributed by atoms with E-state index in [9.17, 15) is 14.7 Å². The zero-order valence-corrected chi connectivity index (χ0v) is 21.8. The van der Waals surface area contributed by atoms with Gasteiger partial charge in [0.05, 0.1) is 15.8 Å². The van der Waals surface area contributed by atoms with Crippen LogP contribution in [0, 0.1) is 0 Å². The summed E-state index contributed by atoms with van der Waals surface area (Å²) >= 11 is 12.4. The average Bonchev–Trinajstić information content (AvgIpc) is 2.91. The van der Waals surface area contributed by atoms with Crippen molar-refractivity contribution in [2.75, 3.05) is 32.8 Å². The average molecular weight is 549 g/mol. The van der Waals surface area contributed by atoms with E-state index in [1.807, 2.05) is 18.2 Å². The maximum absolute atomic E-state index is 12.7. The smallest absolute Gasteiger partial charge is 0.260 e. The molecule has 0 unspecified atom stereocenters.